The molecule has 0 saturated carbocycles. The molecule has 0 aliphatic heterocycles. The Morgan fingerprint density at radius 2 is 2.06 bits per heavy atom. The van der Waals surface area contributed by atoms with Crippen LogP contribution < -0.4 is 0 Å². The Labute approximate surface area is 102 Å². The zero-order valence-electron chi connectivity index (χ0n) is 10.4. The van der Waals surface area contributed by atoms with E-state index in [1.807, 2.05) is 19.1 Å². The van der Waals surface area contributed by atoms with Crippen LogP contribution in [0, 0.1) is 0 Å². The maximum absolute atomic E-state index is 10.6. The van der Waals surface area contributed by atoms with Crippen LogP contribution in [-0.2, 0) is 4.79 Å². The predicted molar refractivity (Wildman–Crippen MR) is 70.7 cm³/mol. The molecule has 0 aromatic heterocycles. The number of allylic oxidation sites excluding steroid dienone is 7. The minimum absolute atomic E-state index is 0.104. The van der Waals surface area contributed by atoms with Gasteiger partial charge in [0.15, 0.2) is 0 Å². The molecule has 0 unspecified atom stereocenters. The lowest BCUT2D eigenvalue weighted by molar-refractivity contribution is -0.132. The van der Waals surface area contributed by atoms with Gasteiger partial charge >= 0.3 is 5.97 Å². The van der Waals surface area contributed by atoms with Crippen molar-refractivity contribution in [2.75, 3.05) is 0 Å². The molecule has 1 rings (SSSR count). The van der Waals surface area contributed by atoms with Crippen molar-refractivity contribution in [3.05, 3.63) is 59.3 Å². The summed E-state index contributed by atoms with van der Waals surface area (Å²) in [5.74, 6) is -0.981. The molecule has 2 nitrogen and oxygen atoms in total. The van der Waals surface area contributed by atoms with Crippen molar-refractivity contribution in [1.29, 1.82) is 0 Å². The number of carbonyl (C=O) groups is 1. The Kier molecular flexibility index (Phi) is 4.70. The first-order valence-corrected chi connectivity index (χ1v) is 5.68. The van der Waals surface area contributed by atoms with E-state index < -0.39 is 5.97 Å². The molecular formula is C15H18O2. The first kappa shape index (κ1) is 13.2. The number of carboxylic acids is 1. The van der Waals surface area contributed by atoms with Gasteiger partial charge in [0.05, 0.1) is 5.57 Å². The van der Waals surface area contributed by atoms with Crippen LogP contribution >= 0.6 is 0 Å². The van der Waals surface area contributed by atoms with Gasteiger partial charge < -0.3 is 5.11 Å². The zero-order valence-corrected chi connectivity index (χ0v) is 10.4. The summed E-state index contributed by atoms with van der Waals surface area (Å²) in [6, 6.07) is 0. The number of aliphatic carboxylic acids is 1. The van der Waals surface area contributed by atoms with Crippen molar-refractivity contribution in [2.24, 2.45) is 0 Å². The van der Waals surface area contributed by atoms with Crippen LogP contribution in [0.1, 0.15) is 26.7 Å². The second-order valence-corrected chi connectivity index (χ2v) is 4.11. The van der Waals surface area contributed by atoms with E-state index in [2.05, 4.69) is 25.7 Å². The summed E-state index contributed by atoms with van der Waals surface area (Å²) in [6.07, 6.45) is 11.6. The quantitative estimate of drug-likeness (QED) is 0.589. The van der Waals surface area contributed by atoms with Gasteiger partial charge in [-0.05, 0) is 43.9 Å². The molecule has 0 fully saturated rings. The summed E-state index contributed by atoms with van der Waals surface area (Å²) < 4.78 is 0. The van der Waals surface area contributed by atoms with Crippen LogP contribution in [0.25, 0.3) is 0 Å². The molecule has 1 aliphatic rings. The van der Waals surface area contributed by atoms with Crippen LogP contribution in [0.15, 0.2) is 59.3 Å². The van der Waals surface area contributed by atoms with E-state index >= 15 is 0 Å². The monoisotopic (exact) mass is 230 g/mol. The summed E-state index contributed by atoms with van der Waals surface area (Å²) in [5, 5.41) is 8.72. The highest BCUT2D eigenvalue weighted by atomic mass is 16.4. The molecule has 1 N–H and O–H groups in total. The fourth-order valence-electron chi connectivity index (χ4n) is 1.63. The third-order valence-electron chi connectivity index (χ3n) is 2.78. The Balaban J connectivity index is 2.81. The summed E-state index contributed by atoms with van der Waals surface area (Å²) in [7, 11) is 0. The Hall–Kier alpha value is -1.83. The van der Waals surface area contributed by atoms with Gasteiger partial charge in [0.2, 0.25) is 0 Å². The standard InChI is InChI=1S/C15H18O2/c1-4-13(10-7-12(3)15(16)17)14-8-5-11(2)6-9-14/h4-5,7-8,10H,3,6,9H2,1-2H3,(H,16,17)/b10-7-,13-4+. The van der Waals surface area contributed by atoms with E-state index in [0.717, 1.165) is 18.4 Å². The van der Waals surface area contributed by atoms with Crippen molar-refractivity contribution >= 4 is 5.97 Å². The van der Waals surface area contributed by atoms with Crippen LogP contribution in [0.4, 0.5) is 0 Å². The molecule has 0 saturated heterocycles. The van der Waals surface area contributed by atoms with Gasteiger partial charge in [-0.15, -0.1) is 0 Å². The minimum Gasteiger partial charge on any atom is -0.478 e. The molecule has 0 atom stereocenters. The maximum Gasteiger partial charge on any atom is 0.335 e. The lowest BCUT2D eigenvalue weighted by Crippen LogP contribution is -1.97. The molecule has 0 amide bonds. The molecule has 2 heteroatoms. The van der Waals surface area contributed by atoms with Gasteiger partial charge in [-0.2, -0.15) is 0 Å². The Bertz CT molecular complexity index is 446. The molecule has 0 heterocycles. The molecule has 0 bridgehead atoms. The van der Waals surface area contributed by atoms with Gasteiger partial charge in [-0.3, -0.25) is 0 Å². The SMILES string of the molecule is C=C(/C=C\C(=C/C)C1=CC=C(C)CC1)C(=O)O. The van der Waals surface area contributed by atoms with Crippen molar-refractivity contribution in [2.45, 2.75) is 26.7 Å². The summed E-state index contributed by atoms with van der Waals surface area (Å²) in [4.78, 5) is 10.6. The Morgan fingerprint density at radius 3 is 2.53 bits per heavy atom. The first-order chi connectivity index (χ1) is 8.04. The highest BCUT2D eigenvalue weighted by Gasteiger charge is 2.06. The third-order valence-corrected chi connectivity index (χ3v) is 2.78. The van der Waals surface area contributed by atoms with E-state index in [1.54, 1.807) is 6.08 Å². The van der Waals surface area contributed by atoms with Gasteiger partial charge in [0.1, 0.15) is 0 Å². The van der Waals surface area contributed by atoms with Crippen LogP contribution in [0.2, 0.25) is 0 Å². The summed E-state index contributed by atoms with van der Waals surface area (Å²) >= 11 is 0. The van der Waals surface area contributed by atoms with E-state index in [9.17, 15) is 4.79 Å². The topological polar surface area (TPSA) is 37.3 Å². The molecule has 0 aromatic carbocycles. The van der Waals surface area contributed by atoms with Crippen molar-refractivity contribution in [3.8, 4) is 0 Å². The van der Waals surface area contributed by atoms with Crippen molar-refractivity contribution in [3.63, 3.8) is 0 Å². The highest BCUT2D eigenvalue weighted by Crippen LogP contribution is 2.24. The third kappa shape index (κ3) is 3.91. The van der Waals surface area contributed by atoms with Gasteiger partial charge in [-0.25, -0.2) is 4.79 Å². The maximum atomic E-state index is 10.6. The average molecular weight is 230 g/mol. The number of carboxylic acid groups (broad SMARTS) is 1. The average Bonchev–Trinajstić information content (AvgIpc) is 2.31. The van der Waals surface area contributed by atoms with Crippen molar-refractivity contribution < 1.29 is 9.90 Å². The molecule has 90 valence electrons. The molecule has 1 aliphatic carbocycles. The van der Waals surface area contributed by atoms with Crippen LogP contribution in [0.5, 0.6) is 0 Å². The van der Waals surface area contributed by atoms with Gasteiger partial charge in [-0.1, -0.05) is 36.5 Å². The fraction of sp³-hybridized carbons (Fsp3) is 0.267. The smallest absolute Gasteiger partial charge is 0.335 e. The van der Waals surface area contributed by atoms with E-state index in [-0.39, 0.29) is 5.57 Å². The first-order valence-electron chi connectivity index (χ1n) is 5.68. The van der Waals surface area contributed by atoms with Crippen molar-refractivity contribution in [1.82, 2.24) is 0 Å². The molecule has 0 radical (unpaired) electrons. The Morgan fingerprint density at radius 1 is 1.35 bits per heavy atom. The minimum atomic E-state index is -0.981. The fourth-order valence-corrected chi connectivity index (χ4v) is 1.63. The highest BCUT2D eigenvalue weighted by molar-refractivity contribution is 5.89. The molecular weight excluding hydrogens is 212 g/mol. The largest absolute Gasteiger partial charge is 0.478 e. The zero-order chi connectivity index (χ0) is 12.8. The second kappa shape index (κ2) is 6.04. The lowest BCUT2D eigenvalue weighted by atomic mass is 9.93. The summed E-state index contributed by atoms with van der Waals surface area (Å²) in [5.41, 5.74) is 3.79. The van der Waals surface area contributed by atoms with Crippen LogP contribution in [0.3, 0.4) is 0 Å². The number of hydrogen-bond donors (Lipinski definition) is 1. The van der Waals surface area contributed by atoms with Gasteiger partial charge in [0, 0.05) is 0 Å². The molecule has 0 spiro atoms. The summed E-state index contributed by atoms with van der Waals surface area (Å²) in [6.45, 7) is 7.54. The predicted octanol–water partition coefficient (Wildman–Crippen LogP) is 3.80. The number of hydrogen-bond acceptors (Lipinski definition) is 1. The van der Waals surface area contributed by atoms with E-state index in [0.29, 0.717) is 0 Å². The second-order valence-electron chi connectivity index (χ2n) is 4.11. The molecule has 0 aromatic rings. The van der Waals surface area contributed by atoms with Gasteiger partial charge in [0.25, 0.3) is 0 Å². The van der Waals surface area contributed by atoms with E-state index in [4.69, 9.17) is 5.11 Å². The molecule has 17 heavy (non-hydrogen) atoms. The van der Waals surface area contributed by atoms with Crippen LogP contribution in [-0.4, -0.2) is 11.1 Å². The lowest BCUT2D eigenvalue weighted by Gasteiger charge is -2.12. The normalized spacial score (nSPS) is 16.7. The number of rotatable bonds is 4. The van der Waals surface area contributed by atoms with E-state index in [1.165, 1.54) is 11.1 Å².